The van der Waals surface area contributed by atoms with Gasteiger partial charge >= 0.3 is 0 Å². The van der Waals surface area contributed by atoms with Crippen molar-refractivity contribution in [2.45, 2.75) is 19.4 Å². The summed E-state index contributed by atoms with van der Waals surface area (Å²) in [4.78, 5) is 4.61. The molecule has 156 valence electrons. The summed E-state index contributed by atoms with van der Waals surface area (Å²) in [5.74, 6) is 0. The molecule has 1 aliphatic rings. The van der Waals surface area contributed by atoms with Crippen molar-refractivity contribution in [1.29, 1.82) is 0 Å². The van der Waals surface area contributed by atoms with Gasteiger partial charge in [0, 0.05) is 12.6 Å². The summed E-state index contributed by atoms with van der Waals surface area (Å²) in [5.41, 5.74) is 7.89. The van der Waals surface area contributed by atoms with Crippen molar-refractivity contribution < 1.29 is 0 Å². The Morgan fingerprint density at radius 3 is 2.25 bits per heavy atom. The standard InChI is InChI=1S/C29H25N3/c1-22-9-8-14-26(19-22)30-21-23-15-17-27(18-16-23)32-29(25-12-6-3-7-13-25)20-28(31-32)24-10-4-2-5-11-24/h2-19,21,29H,20H2,1H3/t29-/m0/s1. The van der Waals surface area contributed by atoms with Gasteiger partial charge in [-0.3, -0.25) is 10.0 Å². The smallest absolute Gasteiger partial charge is 0.0831 e. The SMILES string of the molecule is Cc1cccc(N=Cc2ccc(N3N=C(c4ccccc4)C[C@H]3c3ccccc3)cc2)c1. The van der Waals surface area contributed by atoms with Crippen LogP contribution in [0.2, 0.25) is 0 Å². The summed E-state index contributed by atoms with van der Waals surface area (Å²) in [5, 5.41) is 7.19. The van der Waals surface area contributed by atoms with E-state index in [1.165, 1.54) is 16.7 Å². The van der Waals surface area contributed by atoms with Gasteiger partial charge in [0.1, 0.15) is 0 Å². The van der Waals surface area contributed by atoms with Crippen molar-refractivity contribution in [2.24, 2.45) is 10.1 Å². The van der Waals surface area contributed by atoms with Crippen LogP contribution in [0.25, 0.3) is 0 Å². The van der Waals surface area contributed by atoms with Crippen LogP contribution in [0.3, 0.4) is 0 Å². The van der Waals surface area contributed by atoms with Crippen molar-refractivity contribution in [3.8, 4) is 0 Å². The van der Waals surface area contributed by atoms with Crippen LogP contribution in [-0.2, 0) is 0 Å². The minimum Gasteiger partial charge on any atom is -0.257 e. The first-order valence-corrected chi connectivity index (χ1v) is 10.9. The summed E-state index contributed by atoms with van der Waals surface area (Å²) in [7, 11) is 0. The Kier molecular flexibility index (Phi) is 5.63. The molecule has 4 aromatic carbocycles. The predicted molar refractivity (Wildman–Crippen MR) is 134 cm³/mol. The predicted octanol–water partition coefficient (Wildman–Crippen LogP) is 7.10. The summed E-state index contributed by atoms with van der Waals surface area (Å²) in [6.45, 7) is 2.08. The van der Waals surface area contributed by atoms with Gasteiger partial charge in [-0.15, -0.1) is 0 Å². The van der Waals surface area contributed by atoms with Crippen LogP contribution >= 0.6 is 0 Å². The molecule has 0 spiro atoms. The van der Waals surface area contributed by atoms with Gasteiger partial charge in [-0.1, -0.05) is 84.9 Å². The fourth-order valence-electron chi connectivity index (χ4n) is 4.06. The van der Waals surface area contributed by atoms with Gasteiger partial charge in [0.2, 0.25) is 0 Å². The molecule has 0 saturated heterocycles. The Morgan fingerprint density at radius 2 is 1.53 bits per heavy atom. The monoisotopic (exact) mass is 415 g/mol. The maximum Gasteiger partial charge on any atom is 0.0831 e. The molecule has 1 aliphatic heterocycles. The molecule has 3 heteroatoms. The van der Waals surface area contributed by atoms with Gasteiger partial charge in [-0.25, -0.2) is 0 Å². The highest BCUT2D eigenvalue weighted by Crippen LogP contribution is 2.36. The molecule has 3 nitrogen and oxygen atoms in total. The molecular formula is C29H25N3. The molecule has 32 heavy (non-hydrogen) atoms. The molecule has 5 rings (SSSR count). The number of hydrogen-bond acceptors (Lipinski definition) is 3. The first kappa shape index (κ1) is 20.0. The van der Waals surface area contributed by atoms with Gasteiger partial charge in [0.25, 0.3) is 0 Å². The number of hydrogen-bond donors (Lipinski definition) is 0. The third-order valence-corrected chi connectivity index (χ3v) is 5.72. The van der Waals surface area contributed by atoms with Gasteiger partial charge in [-0.2, -0.15) is 5.10 Å². The number of benzene rings is 4. The number of hydrazone groups is 1. The maximum atomic E-state index is 5.04. The van der Waals surface area contributed by atoms with E-state index in [4.69, 9.17) is 5.10 Å². The number of aryl methyl sites for hydroxylation is 1. The molecule has 0 radical (unpaired) electrons. The molecule has 0 saturated carbocycles. The largest absolute Gasteiger partial charge is 0.257 e. The third kappa shape index (κ3) is 4.37. The summed E-state index contributed by atoms with van der Waals surface area (Å²) in [6, 6.07) is 37.9. The van der Waals surface area contributed by atoms with Crippen LogP contribution in [0.5, 0.6) is 0 Å². The summed E-state index contributed by atoms with van der Waals surface area (Å²) in [6.07, 6.45) is 2.79. The Morgan fingerprint density at radius 1 is 0.812 bits per heavy atom. The molecule has 0 bridgehead atoms. The maximum absolute atomic E-state index is 5.04. The highest BCUT2D eigenvalue weighted by molar-refractivity contribution is 6.03. The van der Waals surface area contributed by atoms with Crippen LogP contribution < -0.4 is 5.01 Å². The second kappa shape index (κ2) is 9.03. The summed E-state index contributed by atoms with van der Waals surface area (Å²) < 4.78 is 0. The quantitative estimate of drug-likeness (QED) is 0.319. The lowest BCUT2D eigenvalue weighted by atomic mass is 9.98. The molecule has 1 heterocycles. The topological polar surface area (TPSA) is 28.0 Å². The van der Waals surface area contributed by atoms with E-state index in [1.54, 1.807) is 0 Å². The lowest BCUT2D eigenvalue weighted by molar-refractivity contribution is 0.709. The lowest BCUT2D eigenvalue weighted by Gasteiger charge is -2.24. The van der Waals surface area contributed by atoms with Gasteiger partial charge in [0.05, 0.1) is 23.1 Å². The highest BCUT2D eigenvalue weighted by atomic mass is 15.5. The zero-order valence-corrected chi connectivity index (χ0v) is 18.1. The van der Waals surface area contributed by atoms with Gasteiger partial charge < -0.3 is 0 Å². The first-order chi connectivity index (χ1) is 15.8. The van der Waals surface area contributed by atoms with Crippen molar-refractivity contribution in [2.75, 3.05) is 5.01 Å². The molecule has 1 atom stereocenters. The number of aliphatic imine (C=N–C) groups is 1. The summed E-state index contributed by atoms with van der Waals surface area (Å²) >= 11 is 0. The zero-order valence-electron chi connectivity index (χ0n) is 18.1. The number of anilines is 1. The zero-order chi connectivity index (χ0) is 21.8. The third-order valence-electron chi connectivity index (χ3n) is 5.72. The molecule has 0 aromatic heterocycles. The lowest BCUT2D eigenvalue weighted by Crippen LogP contribution is -2.18. The Hall–Kier alpha value is -3.98. The highest BCUT2D eigenvalue weighted by Gasteiger charge is 2.29. The molecule has 0 amide bonds. The second-order valence-corrected chi connectivity index (χ2v) is 8.08. The fourth-order valence-corrected chi connectivity index (χ4v) is 4.06. The van der Waals surface area contributed by atoms with E-state index < -0.39 is 0 Å². The van der Waals surface area contributed by atoms with Crippen LogP contribution in [0, 0.1) is 6.92 Å². The Balaban J connectivity index is 1.43. The van der Waals surface area contributed by atoms with E-state index in [-0.39, 0.29) is 6.04 Å². The molecule has 0 unspecified atom stereocenters. The van der Waals surface area contributed by atoms with E-state index >= 15 is 0 Å². The number of nitrogens with zero attached hydrogens (tertiary/aromatic N) is 3. The average Bonchev–Trinajstić information content (AvgIpc) is 3.30. The second-order valence-electron chi connectivity index (χ2n) is 8.08. The molecule has 0 fully saturated rings. The van der Waals surface area contributed by atoms with E-state index in [0.717, 1.165) is 29.1 Å². The Bertz CT molecular complexity index is 1240. The minimum atomic E-state index is 0.179. The number of rotatable bonds is 5. The molecule has 0 aliphatic carbocycles. The van der Waals surface area contributed by atoms with Crippen molar-refractivity contribution in [3.05, 3.63) is 131 Å². The van der Waals surface area contributed by atoms with Crippen LogP contribution in [0.15, 0.2) is 119 Å². The van der Waals surface area contributed by atoms with E-state index in [1.807, 2.05) is 24.4 Å². The fraction of sp³-hybridized carbons (Fsp3) is 0.103. The van der Waals surface area contributed by atoms with Crippen molar-refractivity contribution in [1.82, 2.24) is 0 Å². The van der Waals surface area contributed by atoms with Crippen LogP contribution in [-0.4, -0.2) is 11.9 Å². The molecule has 0 N–H and O–H groups in total. The van der Waals surface area contributed by atoms with Crippen molar-refractivity contribution >= 4 is 23.3 Å². The minimum absolute atomic E-state index is 0.179. The van der Waals surface area contributed by atoms with Crippen LogP contribution in [0.4, 0.5) is 11.4 Å². The van der Waals surface area contributed by atoms with Crippen LogP contribution in [0.1, 0.15) is 34.7 Å². The van der Waals surface area contributed by atoms with Gasteiger partial charge in [0.15, 0.2) is 0 Å². The Labute approximate surface area is 189 Å². The van der Waals surface area contributed by atoms with E-state index in [2.05, 4.69) is 108 Å². The normalized spacial score (nSPS) is 15.8. The first-order valence-electron chi connectivity index (χ1n) is 10.9. The molecular weight excluding hydrogens is 390 g/mol. The molecule has 4 aromatic rings. The van der Waals surface area contributed by atoms with E-state index in [0.29, 0.717) is 0 Å². The average molecular weight is 416 g/mol. The van der Waals surface area contributed by atoms with E-state index in [9.17, 15) is 0 Å². The van der Waals surface area contributed by atoms with Crippen molar-refractivity contribution in [3.63, 3.8) is 0 Å². The van der Waals surface area contributed by atoms with Gasteiger partial charge in [-0.05, 0) is 53.4 Å².